The molecule has 0 N–H and O–H groups in total. The van der Waals surface area contributed by atoms with Gasteiger partial charge in [0.15, 0.2) is 0 Å². The van der Waals surface area contributed by atoms with Crippen LogP contribution >= 0.6 is 0 Å². The summed E-state index contributed by atoms with van der Waals surface area (Å²) in [7, 11) is 1.63. The lowest BCUT2D eigenvalue weighted by molar-refractivity contribution is 0.0680. The minimum atomic E-state index is -0.0380. The van der Waals surface area contributed by atoms with Gasteiger partial charge in [-0.15, -0.1) is 0 Å². The molecule has 0 bridgehead atoms. The number of hydrogen-bond donors (Lipinski definition) is 0. The number of hydrogen-bond acceptors (Lipinski definition) is 4. The molecule has 0 aliphatic carbocycles. The van der Waals surface area contributed by atoms with Crippen LogP contribution in [-0.4, -0.2) is 36.1 Å². The normalized spacial score (nSPS) is 10.7. The number of ether oxygens (including phenoxy) is 1. The molecule has 0 fully saturated rings. The van der Waals surface area contributed by atoms with E-state index in [9.17, 15) is 4.79 Å². The second kappa shape index (κ2) is 8.45. The van der Waals surface area contributed by atoms with Crippen molar-refractivity contribution in [2.45, 2.75) is 13.5 Å². The molecule has 5 heteroatoms. The van der Waals surface area contributed by atoms with E-state index in [1.807, 2.05) is 55.5 Å². The summed E-state index contributed by atoms with van der Waals surface area (Å²) in [5.74, 6) is 1.56. The lowest BCUT2D eigenvalue weighted by Crippen LogP contribution is -2.33. The summed E-state index contributed by atoms with van der Waals surface area (Å²) in [5.41, 5.74) is 2.54. The van der Waals surface area contributed by atoms with Crippen molar-refractivity contribution in [3.05, 3.63) is 77.8 Å². The molecule has 2 heterocycles. The number of carbonyl (C=O) groups is 1. The number of carbonyl (C=O) groups excluding carboxylic acids is 1. The first kappa shape index (κ1) is 17.9. The molecule has 1 aromatic carbocycles. The molecule has 0 aliphatic rings. The Balaban J connectivity index is 1.83. The van der Waals surface area contributed by atoms with Crippen molar-refractivity contribution in [3.63, 3.8) is 0 Å². The van der Waals surface area contributed by atoms with Crippen molar-refractivity contribution in [2.24, 2.45) is 0 Å². The molecular weight excluding hydrogens is 328 g/mol. The largest absolute Gasteiger partial charge is 0.461 e. The second-order valence-electron chi connectivity index (χ2n) is 6.07. The first-order valence-electron chi connectivity index (χ1n) is 8.51. The fraction of sp³-hybridized carbons (Fsp3) is 0.238. The topological polar surface area (TPSA) is 55.6 Å². The quantitative estimate of drug-likeness (QED) is 0.648. The lowest BCUT2D eigenvalue weighted by Gasteiger charge is -2.23. The minimum Gasteiger partial charge on any atom is -0.461 e. The third kappa shape index (κ3) is 4.37. The van der Waals surface area contributed by atoms with Crippen molar-refractivity contribution in [1.82, 2.24) is 9.88 Å². The molecular formula is C21H22N2O3. The number of rotatable bonds is 7. The van der Waals surface area contributed by atoms with Gasteiger partial charge in [0.25, 0.3) is 5.91 Å². The smallest absolute Gasteiger partial charge is 0.254 e. The van der Waals surface area contributed by atoms with E-state index >= 15 is 0 Å². The summed E-state index contributed by atoms with van der Waals surface area (Å²) < 4.78 is 10.8. The Morgan fingerprint density at radius 1 is 1.15 bits per heavy atom. The molecule has 5 nitrogen and oxygen atoms in total. The van der Waals surface area contributed by atoms with Crippen LogP contribution in [0.3, 0.4) is 0 Å². The zero-order valence-electron chi connectivity index (χ0n) is 15.0. The van der Waals surface area contributed by atoms with Gasteiger partial charge >= 0.3 is 0 Å². The number of benzene rings is 1. The van der Waals surface area contributed by atoms with E-state index in [2.05, 4.69) is 4.98 Å². The second-order valence-corrected chi connectivity index (χ2v) is 6.07. The van der Waals surface area contributed by atoms with Gasteiger partial charge in [-0.2, -0.15) is 0 Å². The van der Waals surface area contributed by atoms with Crippen molar-refractivity contribution in [1.29, 1.82) is 0 Å². The predicted octanol–water partition coefficient (Wildman–Crippen LogP) is 3.94. The molecule has 0 saturated heterocycles. The van der Waals surface area contributed by atoms with Crippen molar-refractivity contribution < 1.29 is 13.9 Å². The van der Waals surface area contributed by atoms with E-state index in [4.69, 9.17) is 9.15 Å². The zero-order chi connectivity index (χ0) is 18.4. The maximum absolute atomic E-state index is 13.1. The number of nitrogens with zero attached hydrogens (tertiary/aromatic N) is 2. The van der Waals surface area contributed by atoms with Crippen LogP contribution in [0.2, 0.25) is 0 Å². The fourth-order valence-electron chi connectivity index (χ4n) is 2.74. The van der Waals surface area contributed by atoms with Gasteiger partial charge in [-0.1, -0.05) is 12.1 Å². The van der Waals surface area contributed by atoms with Crippen LogP contribution in [0.5, 0.6) is 0 Å². The summed E-state index contributed by atoms with van der Waals surface area (Å²) in [6.45, 7) is 3.41. The van der Waals surface area contributed by atoms with Crippen LogP contribution in [0.4, 0.5) is 0 Å². The van der Waals surface area contributed by atoms with Gasteiger partial charge in [-0.05, 0) is 48.9 Å². The summed E-state index contributed by atoms with van der Waals surface area (Å²) in [4.78, 5) is 18.9. The number of aryl methyl sites for hydroxylation is 1. The van der Waals surface area contributed by atoms with Gasteiger partial charge in [0.05, 0.1) is 6.61 Å². The van der Waals surface area contributed by atoms with Crippen LogP contribution in [0.15, 0.2) is 65.3 Å². The summed E-state index contributed by atoms with van der Waals surface area (Å²) in [6, 6.07) is 15.2. The molecule has 0 saturated carbocycles. The van der Waals surface area contributed by atoms with E-state index in [0.717, 1.165) is 22.6 Å². The van der Waals surface area contributed by atoms with Gasteiger partial charge in [-0.25, -0.2) is 0 Å². The van der Waals surface area contributed by atoms with Gasteiger partial charge in [0, 0.05) is 43.7 Å². The Morgan fingerprint density at radius 2 is 1.96 bits per heavy atom. The number of amides is 1. The molecule has 1 amide bonds. The Kier molecular flexibility index (Phi) is 5.81. The zero-order valence-corrected chi connectivity index (χ0v) is 15.0. The molecule has 3 rings (SSSR count). The van der Waals surface area contributed by atoms with Crippen LogP contribution in [0.25, 0.3) is 11.3 Å². The highest BCUT2D eigenvalue weighted by molar-refractivity contribution is 5.95. The maximum atomic E-state index is 13.1. The Bertz CT molecular complexity index is 858. The number of aromatic nitrogens is 1. The van der Waals surface area contributed by atoms with Gasteiger partial charge in [-0.3, -0.25) is 9.78 Å². The highest BCUT2D eigenvalue weighted by atomic mass is 16.5. The average molecular weight is 350 g/mol. The Hall–Kier alpha value is -2.92. The van der Waals surface area contributed by atoms with E-state index in [1.54, 1.807) is 24.4 Å². The van der Waals surface area contributed by atoms with Crippen molar-refractivity contribution >= 4 is 5.91 Å². The van der Waals surface area contributed by atoms with Crippen LogP contribution in [-0.2, 0) is 11.3 Å². The SMILES string of the molecule is COCCN(Cc1ccncc1)C(=O)c1cccc(-c2ccc(C)o2)c1. The summed E-state index contributed by atoms with van der Waals surface area (Å²) in [6.07, 6.45) is 3.46. The fourth-order valence-corrected chi connectivity index (χ4v) is 2.74. The molecule has 2 aromatic heterocycles. The molecule has 0 radical (unpaired) electrons. The molecule has 3 aromatic rings. The third-order valence-electron chi connectivity index (χ3n) is 4.11. The highest BCUT2D eigenvalue weighted by Gasteiger charge is 2.17. The van der Waals surface area contributed by atoms with E-state index in [-0.39, 0.29) is 5.91 Å². The number of methoxy groups -OCH3 is 1. The molecule has 134 valence electrons. The predicted molar refractivity (Wildman–Crippen MR) is 99.7 cm³/mol. The van der Waals surface area contributed by atoms with Crippen LogP contribution < -0.4 is 0 Å². The summed E-state index contributed by atoms with van der Waals surface area (Å²) >= 11 is 0. The van der Waals surface area contributed by atoms with Crippen LogP contribution in [0, 0.1) is 6.92 Å². The highest BCUT2D eigenvalue weighted by Crippen LogP contribution is 2.23. The van der Waals surface area contributed by atoms with E-state index in [1.165, 1.54) is 0 Å². The monoisotopic (exact) mass is 350 g/mol. The van der Waals surface area contributed by atoms with Crippen LogP contribution in [0.1, 0.15) is 21.7 Å². The standard InChI is InChI=1S/C21H22N2O3/c1-16-6-7-20(26-16)18-4-3-5-19(14-18)21(24)23(12-13-25-2)15-17-8-10-22-11-9-17/h3-11,14H,12-13,15H2,1-2H3. The molecule has 26 heavy (non-hydrogen) atoms. The average Bonchev–Trinajstić information content (AvgIpc) is 3.12. The van der Waals surface area contributed by atoms with Gasteiger partial charge < -0.3 is 14.1 Å². The molecule has 0 aliphatic heterocycles. The Morgan fingerprint density at radius 3 is 2.65 bits per heavy atom. The minimum absolute atomic E-state index is 0.0380. The summed E-state index contributed by atoms with van der Waals surface area (Å²) in [5, 5.41) is 0. The van der Waals surface area contributed by atoms with Gasteiger partial charge in [0.1, 0.15) is 11.5 Å². The van der Waals surface area contributed by atoms with Crippen molar-refractivity contribution in [3.8, 4) is 11.3 Å². The Labute approximate surface area is 153 Å². The molecule has 0 spiro atoms. The molecule has 0 atom stereocenters. The first-order valence-corrected chi connectivity index (χ1v) is 8.51. The van der Waals surface area contributed by atoms with Gasteiger partial charge in [0.2, 0.25) is 0 Å². The lowest BCUT2D eigenvalue weighted by atomic mass is 10.1. The molecule has 0 unspecified atom stereocenters. The third-order valence-corrected chi connectivity index (χ3v) is 4.11. The first-order chi connectivity index (χ1) is 12.7. The number of pyridine rings is 1. The number of furan rings is 1. The maximum Gasteiger partial charge on any atom is 0.254 e. The van der Waals surface area contributed by atoms with Crippen molar-refractivity contribution in [2.75, 3.05) is 20.3 Å². The van der Waals surface area contributed by atoms with E-state index < -0.39 is 0 Å². The van der Waals surface area contributed by atoms with E-state index in [0.29, 0.717) is 25.3 Å².